The summed E-state index contributed by atoms with van der Waals surface area (Å²) in [5.41, 5.74) is 1.10. The molecule has 1 fully saturated rings. The second-order valence-corrected chi connectivity index (χ2v) is 8.33. The summed E-state index contributed by atoms with van der Waals surface area (Å²) in [7, 11) is -3.09. The van der Waals surface area contributed by atoms with Gasteiger partial charge in [-0.3, -0.25) is 4.79 Å². The molecule has 23 heavy (non-hydrogen) atoms. The van der Waals surface area contributed by atoms with Crippen LogP contribution in [0.15, 0.2) is 35.7 Å². The number of anilines is 1. The van der Waals surface area contributed by atoms with Crippen molar-refractivity contribution in [1.82, 2.24) is 4.90 Å². The van der Waals surface area contributed by atoms with Crippen molar-refractivity contribution in [3.8, 4) is 0 Å². The Balaban J connectivity index is 1.51. The van der Waals surface area contributed by atoms with Crippen LogP contribution in [0.5, 0.6) is 0 Å². The van der Waals surface area contributed by atoms with Crippen LogP contribution < -0.4 is 4.90 Å². The summed E-state index contributed by atoms with van der Waals surface area (Å²) in [4.78, 5) is 16.4. The number of rotatable bonds is 3. The number of allylic oxidation sites excluding steroid dienone is 1. The van der Waals surface area contributed by atoms with Crippen molar-refractivity contribution in [3.63, 3.8) is 0 Å². The van der Waals surface area contributed by atoms with E-state index in [1.54, 1.807) is 6.08 Å². The van der Waals surface area contributed by atoms with Gasteiger partial charge in [-0.15, -0.1) is 0 Å². The van der Waals surface area contributed by atoms with E-state index >= 15 is 0 Å². The van der Waals surface area contributed by atoms with Crippen LogP contribution in [-0.2, 0) is 14.6 Å². The van der Waals surface area contributed by atoms with Crippen LogP contribution in [0.2, 0.25) is 5.02 Å². The zero-order valence-electron chi connectivity index (χ0n) is 12.7. The molecular weight excluding hydrogens is 336 g/mol. The Labute approximate surface area is 141 Å². The standard InChI is InChI=1S/C16H19ClN2O3S/c17-14-1-3-15(4-2-14)18-6-8-19(9-7-18)16(20)11-13-5-10-23(21,22)12-13/h1-5,10,13H,6-9,11-12H2. The molecule has 3 rings (SSSR count). The molecule has 2 heterocycles. The molecule has 1 aromatic rings. The van der Waals surface area contributed by atoms with Gasteiger partial charge in [0.15, 0.2) is 9.84 Å². The number of carbonyl (C=O) groups excluding carboxylic acids is 1. The summed E-state index contributed by atoms with van der Waals surface area (Å²) >= 11 is 5.90. The molecule has 124 valence electrons. The van der Waals surface area contributed by atoms with E-state index in [9.17, 15) is 13.2 Å². The Morgan fingerprint density at radius 1 is 1.13 bits per heavy atom. The number of amides is 1. The molecule has 0 aliphatic carbocycles. The zero-order valence-corrected chi connectivity index (χ0v) is 14.3. The van der Waals surface area contributed by atoms with E-state index in [1.807, 2.05) is 29.2 Å². The molecule has 0 radical (unpaired) electrons. The van der Waals surface area contributed by atoms with Gasteiger partial charge in [-0.25, -0.2) is 8.42 Å². The molecule has 0 spiro atoms. The first-order chi connectivity index (χ1) is 10.9. The number of piperazine rings is 1. The maximum absolute atomic E-state index is 12.3. The van der Waals surface area contributed by atoms with Gasteiger partial charge in [-0.2, -0.15) is 0 Å². The van der Waals surface area contributed by atoms with Gasteiger partial charge in [0.05, 0.1) is 5.75 Å². The summed E-state index contributed by atoms with van der Waals surface area (Å²) < 4.78 is 22.8. The van der Waals surface area contributed by atoms with E-state index in [0.29, 0.717) is 18.1 Å². The van der Waals surface area contributed by atoms with Crippen molar-refractivity contribution in [2.45, 2.75) is 6.42 Å². The Morgan fingerprint density at radius 3 is 2.35 bits per heavy atom. The van der Waals surface area contributed by atoms with Crippen LogP contribution in [0.4, 0.5) is 5.69 Å². The third kappa shape index (κ3) is 4.06. The number of sulfone groups is 1. The van der Waals surface area contributed by atoms with E-state index in [0.717, 1.165) is 18.8 Å². The largest absolute Gasteiger partial charge is 0.368 e. The Kier molecular flexibility index (Phi) is 4.64. The van der Waals surface area contributed by atoms with Crippen molar-refractivity contribution in [1.29, 1.82) is 0 Å². The second-order valence-electron chi connectivity index (χ2n) is 5.97. The molecular formula is C16H19ClN2O3S. The van der Waals surface area contributed by atoms with Gasteiger partial charge >= 0.3 is 0 Å². The molecule has 5 nitrogen and oxygen atoms in total. The lowest BCUT2D eigenvalue weighted by Gasteiger charge is -2.36. The number of halogens is 1. The molecule has 0 saturated carbocycles. The first-order valence-electron chi connectivity index (χ1n) is 7.62. The lowest BCUT2D eigenvalue weighted by molar-refractivity contribution is -0.132. The fraction of sp³-hybridized carbons (Fsp3) is 0.438. The van der Waals surface area contributed by atoms with Crippen molar-refractivity contribution in [2.24, 2.45) is 5.92 Å². The number of hydrogen-bond donors (Lipinski definition) is 0. The van der Waals surface area contributed by atoms with Crippen LogP contribution >= 0.6 is 11.6 Å². The van der Waals surface area contributed by atoms with Crippen LogP contribution in [-0.4, -0.2) is 51.2 Å². The lowest BCUT2D eigenvalue weighted by Crippen LogP contribution is -2.49. The highest BCUT2D eigenvalue weighted by Crippen LogP contribution is 2.22. The van der Waals surface area contributed by atoms with E-state index in [-0.39, 0.29) is 24.0 Å². The minimum atomic E-state index is -3.09. The predicted molar refractivity (Wildman–Crippen MR) is 91.3 cm³/mol. The third-order valence-corrected chi connectivity index (χ3v) is 5.98. The summed E-state index contributed by atoms with van der Waals surface area (Å²) in [6.07, 6.45) is 1.91. The Hall–Kier alpha value is -1.53. The third-order valence-electron chi connectivity index (χ3n) is 4.27. The second kappa shape index (κ2) is 6.53. The minimum Gasteiger partial charge on any atom is -0.368 e. The van der Waals surface area contributed by atoms with Crippen LogP contribution in [0.1, 0.15) is 6.42 Å². The quantitative estimate of drug-likeness (QED) is 0.832. The maximum Gasteiger partial charge on any atom is 0.223 e. The minimum absolute atomic E-state index is 0.0347. The first-order valence-corrected chi connectivity index (χ1v) is 9.71. The van der Waals surface area contributed by atoms with Gasteiger partial charge in [-0.1, -0.05) is 17.7 Å². The first kappa shape index (κ1) is 16.3. The summed E-state index contributed by atoms with van der Waals surface area (Å²) in [5.74, 6) is -0.0852. The number of benzene rings is 1. The molecule has 2 aliphatic heterocycles. The smallest absolute Gasteiger partial charge is 0.223 e. The van der Waals surface area contributed by atoms with Crippen molar-refractivity contribution in [3.05, 3.63) is 40.8 Å². The van der Waals surface area contributed by atoms with Gasteiger partial charge in [0, 0.05) is 54.6 Å². The highest BCUT2D eigenvalue weighted by Gasteiger charge is 2.27. The molecule has 0 bridgehead atoms. The maximum atomic E-state index is 12.3. The zero-order chi connectivity index (χ0) is 16.4. The summed E-state index contributed by atoms with van der Waals surface area (Å²) in [6.45, 7) is 2.85. The number of nitrogens with zero attached hydrogens (tertiary/aromatic N) is 2. The molecule has 2 aliphatic rings. The van der Waals surface area contributed by atoms with Crippen molar-refractivity contribution >= 4 is 33.0 Å². The van der Waals surface area contributed by atoms with E-state index in [4.69, 9.17) is 11.6 Å². The fourth-order valence-corrected chi connectivity index (χ4v) is 4.51. The lowest BCUT2D eigenvalue weighted by atomic mass is 10.1. The highest BCUT2D eigenvalue weighted by atomic mass is 35.5. The van der Waals surface area contributed by atoms with Crippen LogP contribution in [0.3, 0.4) is 0 Å². The van der Waals surface area contributed by atoms with Gasteiger partial charge in [-0.05, 0) is 24.3 Å². The molecule has 7 heteroatoms. The van der Waals surface area contributed by atoms with Crippen molar-refractivity contribution < 1.29 is 13.2 Å². The van der Waals surface area contributed by atoms with Gasteiger partial charge in [0.1, 0.15) is 0 Å². The SMILES string of the molecule is O=C(CC1C=CS(=O)(=O)C1)N1CCN(c2ccc(Cl)cc2)CC1. The van der Waals surface area contributed by atoms with Crippen LogP contribution in [0.25, 0.3) is 0 Å². The molecule has 1 atom stereocenters. The summed E-state index contributed by atoms with van der Waals surface area (Å²) in [5, 5.41) is 1.94. The van der Waals surface area contributed by atoms with E-state index < -0.39 is 9.84 Å². The van der Waals surface area contributed by atoms with Gasteiger partial charge < -0.3 is 9.80 Å². The Bertz CT molecular complexity index is 707. The monoisotopic (exact) mass is 354 g/mol. The number of carbonyl (C=O) groups is 1. The summed E-state index contributed by atoms with van der Waals surface area (Å²) in [6, 6.07) is 7.69. The molecule has 1 amide bonds. The van der Waals surface area contributed by atoms with E-state index in [2.05, 4.69) is 4.90 Å². The molecule has 1 aromatic carbocycles. The highest BCUT2D eigenvalue weighted by molar-refractivity contribution is 7.94. The molecule has 0 N–H and O–H groups in total. The fourth-order valence-electron chi connectivity index (χ4n) is 2.99. The number of hydrogen-bond acceptors (Lipinski definition) is 4. The van der Waals surface area contributed by atoms with E-state index in [1.165, 1.54) is 5.41 Å². The van der Waals surface area contributed by atoms with Crippen molar-refractivity contribution in [2.75, 3.05) is 36.8 Å². The van der Waals surface area contributed by atoms with Crippen LogP contribution in [0, 0.1) is 5.92 Å². The molecule has 1 saturated heterocycles. The van der Waals surface area contributed by atoms with Gasteiger partial charge in [0.25, 0.3) is 0 Å². The predicted octanol–water partition coefficient (Wildman–Crippen LogP) is 1.94. The average molecular weight is 355 g/mol. The normalized spacial score (nSPS) is 23.3. The Morgan fingerprint density at radius 2 is 1.78 bits per heavy atom. The topological polar surface area (TPSA) is 57.7 Å². The van der Waals surface area contributed by atoms with Gasteiger partial charge in [0.2, 0.25) is 5.91 Å². The molecule has 0 aromatic heterocycles. The average Bonchev–Trinajstić information content (AvgIpc) is 2.87. The molecule has 1 unspecified atom stereocenters.